The number of aliphatic hydroxyl groups is 1. The lowest BCUT2D eigenvalue weighted by Crippen LogP contribution is -2.64. The Kier molecular flexibility index (Phi) is 4.18. The van der Waals surface area contributed by atoms with Crippen molar-refractivity contribution in [2.45, 2.75) is 56.8 Å². The second-order valence-electron chi connectivity index (χ2n) is 8.53. The summed E-state index contributed by atoms with van der Waals surface area (Å²) in [5.41, 5.74) is -0.497. The molecule has 3 N–H and O–H groups in total. The van der Waals surface area contributed by atoms with Crippen LogP contribution in [0, 0.1) is 17.3 Å². The van der Waals surface area contributed by atoms with E-state index in [4.69, 9.17) is 4.74 Å². The van der Waals surface area contributed by atoms with Crippen LogP contribution in [0.1, 0.15) is 44.1 Å². The van der Waals surface area contributed by atoms with E-state index in [1.165, 1.54) is 0 Å². The third kappa shape index (κ3) is 3.18. The monoisotopic (exact) mass is 359 g/mol. The lowest BCUT2D eigenvalue weighted by Gasteiger charge is -2.61. The highest BCUT2D eigenvalue weighted by Gasteiger charge is 2.61. The number of hydrogen-bond donors (Lipinski definition) is 3. The lowest BCUT2D eigenvalue weighted by molar-refractivity contribution is -0.182. The van der Waals surface area contributed by atoms with Crippen LogP contribution in [0.15, 0.2) is 30.3 Å². The van der Waals surface area contributed by atoms with Gasteiger partial charge in [-0.25, -0.2) is 9.59 Å². The number of alkyl carbamates (subject to hydrolysis) is 1. The first kappa shape index (κ1) is 17.3. The van der Waals surface area contributed by atoms with Crippen molar-refractivity contribution in [1.82, 2.24) is 5.32 Å². The van der Waals surface area contributed by atoms with Crippen LogP contribution in [0.5, 0.6) is 0 Å². The molecule has 0 aliphatic heterocycles. The van der Waals surface area contributed by atoms with Gasteiger partial charge in [-0.05, 0) is 55.9 Å². The van der Waals surface area contributed by atoms with Gasteiger partial charge in [0.25, 0.3) is 0 Å². The van der Waals surface area contributed by atoms with Crippen molar-refractivity contribution in [2.75, 3.05) is 0 Å². The number of aliphatic carboxylic acids is 1. The number of nitrogens with one attached hydrogen (secondary N) is 1. The number of hydrogen-bond acceptors (Lipinski definition) is 4. The average Bonchev–Trinajstić information content (AvgIpc) is 2.56. The highest BCUT2D eigenvalue weighted by Crippen LogP contribution is 2.62. The predicted octanol–water partition coefficient (Wildman–Crippen LogP) is 2.70. The summed E-state index contributed by atoms with van der Waals surface area (Å²) in [6.07, 6.45) is 3.82. The van der Waals surface area contributed by atoms with Crippen LogP contribution in [-0.4, -0.2) is 33.9 Å². The van der Waals surface area contributed by atoms with Gasteiger partial charge in [0.2, 0.25) is 0 Å². The number of ether oxygens (including phenoxy) is 1. The predicted molar refractivity (Wildman–Crippen MR) is 93.3 cm³/mol. The summed E-state index contributed by atoms with van der Waals surface area (Å²) in [7, 11) is 0. The van der Waals surface area contributed by atoms with Gasteiger partial charge in [-0.1, -0.05) is 30.3 Å². The van der Waals surface area contributed by atoms with E-state index in [9.17, 15) is 19.8 Å². The van der Waals surface area contributed by atoms with Crippen LogP contribution >= 0.6 is 0 Å². The van der Waals surface area contributed by atoms with Gasteiger partial charge in [-0.2, -0.15) is 0 Å². The summed E-state index contributed by atoms with van der Waals surface area (Å²) in [5.74, 6) is -0.345. The Bertz CT molecular complexity index is 689. The van der Waals surface area contributed by atoms with E-state index in [2.05, 4.69) is 5.32 Å². The fourth-order valence-corrected chi connectivity index (χ4v) is 5.98. The molecular weight excluding hydrogens is 334 g/mol. The van der Waals surface area contributed by atoms with E-state index < -0.39 is 29.1 Å². The Hall–Kier alpha value is -2.08. The summed E-state index contributed by atoms with van der Waals surface area (Å²) < 4.78 is 5.22. The normalized spacial score (nSPS) is 35.7. The van der Waals surface area contributed by atoms with E-state index in [1.54, 1.807) is 0 Å². The van der Waals surface area contributed by atoms with Crippen molar-refractivity contribution in [3.8, 4) is 0 Å². The van der Waals surface area contributed by atoms with Gasteiger partial charge < -0.3 is 20.3 Å². The Labute approximate surface area is 152 Å². The molecule has 6 nitrogen and oxygen atoms in total. The first-order valence-corrected chi connectivity index (χ1v) is 9.30. The number of carbonyl (C=O) groups excluding carboxylic acids is 1. The molecule has 4 bridgehead atoms. The zero-order valence-electron chi connectivity index (χ0n) is 14.7. The third-order valence-electron chi connectivity index (χ3n) is 6.41. The number of carboxylic acids is 1. The standard InChI is InChI=1S/C20H25NO5/c22-17(23)16(21-18(24)26-11-13-4-2-1-3-5-13)19-7-14-6-15(8-19)10-20(25,9-14)12-19/h1-5,14-16,25H,6-12H2,(H,21,24)(H,22,23)/t14?,15?,16-,19?,20?/m1/s1. The summed E-state index contributed by atoms with van der Waals surface area (Å²) in [6, 6.07) is 8.25. The highest BCUT2D eigenvalue weighted by molar-refractivity contribution is 5.81. The van der Waals surface area contributed by atoms with Gasteiger partial charge >= 0.3 is 12.1 Å². The van der Waals surface area contributed by atoms with Crippen molar-refractivity contribution >= 4 is 12.1 Å². The molecule has 4 saturated carbocycles. The number of amides is 1. The Morgan fingerprint density at radius 1 is 1.15 bits per heavy atom. The summed E-state index contributed by atoms with van der Waals surface area (Å²) in [6.45, 7) is 0.0984. The molecule has 0 aromatic heterocycles. The maximum absolute atomic E-state index is 12.2. The zero-order chi connectivity index (χ0) is 18.4. The molecule has 1 amide bonds. The van der Waals surface area contributed by atoms with Gasteiger partial charge in [0.05, 0.1) is 5.60 Å². The van der Waals surface area contributed by atoms with Gasteiger partial charge in [-0.3, -0.25) is 0 Å². The smallest absolute Gasteiger partial charge is 0.408 e. The quantitative estimate of drug-likeness (QED) is 0.751. The molecule has 0 radical (unpaired) electrons. The molecule has 1 aromatic rings. The SMILES string of the molecule is O=C(N[C@H](C(=O)O)C12CC3CC(CC(O)(C3)C1)C2)OCc1ccccc1. The molecule has 5 rings (SSSR count). The Balaban J connectivity index is 1.46. The Morgan fingerprint density at radius 2 is 1.81 bits per heavy atom. The van der Waals surface area contributed by atoms with Gasteiger partial charge in [0.1, 0.15) is 12.6 Å². The van der Waals surface area contributed by atoms with Crippen molar-refractivity contribution in [3.63, 3.8) is 0 Å². The van der Waals surface area contributed by atoms with Crippen LogP contribution in [0.2, 0.25) is 0 Å². The first-order chi connectivity index (χ1) is 12.4. The molecule has 1 aromatic carbocycles. The highest BCUT2D eigenvalue weighted by atomic mass is 16.5. The molecule has 140 valence electrons. The molecule has 4 fully saturated rings. The molecule has 3 atom stereocenters. The zero-order valence-corrected chi connectivity index (χ0v) is 14.7. The van der Waals surface area contributed by atoms with E-state index in [1.807, 2.05) is 30.3 Å². The summed E-state index contributed by atoms with van der Waals surface area (Å²) >= 11 is 0. The maximum Gasteiger partial charge on any atom is 0.408 e. The van der Waals surface area contributed by atoms with Gasteiger partial charge in [0.15, 0.2) is 0 Å². The molecule has 0 heterocycles. The van der Waals surface area contributed by atoms with E-state index >= 15 is 0 Å². The second kappa shape index (κ2) is 6.27. The van der Waals surface area contributed by atoms with Gasteiger partial charge in [-0.15, -0.1) is 0 Å². The molecular formula is C20H25NO5. The van der Waals surface area contributed by atoms with Crippen molar-refractivity contribution in [1.29, 1.82) is 0 Å². The fraction of sp³-hybridized carbons (Fsp3) is 0.600. The van der Waals surface area contributed by atoms with Crippen LogP contribution < -0.4 is 5.32 Å². The fourth-order valence-electron chi connectivity index (χ4n) is 5.98. The Morgan fingerprint density at radius 3 is 2.38 bits per heavy atom. The first-order valence-electron chi connectivity index (χ1n) is 9.30. The molecule has 4 aliphatic rings. The lowest BCUT2D eigenvalue weighted by atomic mass is 9.46. The van der Waals surface area contributed by atoms with Crippen molar-refractivity contribution < 1.29 is 24.5 Å². The van der Waals surface area contributed by atoms with Crippen LogP contribution in [-0.2, 0) is 16.1 Å². The molecule has 4 aliphatic carbocycles. The van der Waals surface area contributed by atoms with E-state index in [-0.39, 0.29) is 6.61 Å². The van der Waals surface area contributed by atoms with E-state index in [0.717, 1.165) is 37.7 Å². The maximum atomic E-state index is 12.2. The molecule has 0 saturated heterocycles. The molecule has 0 spiro atoms. The summed E-state index contributed by atoms with van der Waals surface area (Å²) in [4.78, 5) is 24.2. The second-order valence-corrected chi connectivity index (χ2v) is 8.53. The molecule has 26 heavy (non-hydrogen) atoms. The van der Waals surface area contributed by atoms with Crippen molar-refractivity contribution in [2.24, 2.45) is 17.3 Å². The number of carboxylic acid groups (broad SMARTS) is 1. The number of benzene rings is 1. The number of rotatable bonds is 5. The van der Waals surface area contributed by atoms with Crippen molar-refractivity contribution in [3.05, 3.63) is 35.9 Å². The minimum atomic E-state index is -1.05. The largest absolute Gasteiger partial charge is 0.480 e. The topological polar surface area (TPSA) is 95.9 Å². The summed E-state index contributed by atoms with van der Waals surface area (Å²) in [5, 5.41) is 23.2. The van der Waals surface area contributed by atoms with Gasteiger partial charge in [0, 0.05) is 5.41 Å². The minimum absolute atomic E-state index is 0.0984. The third-order valence-corrected chi connectivity index (χ3v) is 6.41. The van der Waals surface area contributed by atoms with Crippen LogP contribution in [0.4, 0.5) is 4.79 Å². The molecule has 6 heteroatoms. The average molecular weight is 359 g/mol. The minimum Gasteiger partial charge on any atom is -0.480 e. The number of carbonyl (C=O) groups is 2. The van der Waals surface area contributed by atoms with E-state index in [0.29, 0.717) is 18.3 Å². The molecule has 2 unspecified atom stereocenters. The van der Waals surface area contributed by atoms with Crippen LogP contribution in [0.3, 0.4) is 0 Å². The van der Waals surface area contributed by atoms with Crippen LogP contribution in [0.25, 0.3) is 0 Å².